The van der Waals surface area contributed by atoms with Crippen molar-refractivity contribution in [3.8, 4) is 0 Å². The van der Waals surface area contributed by atoms with Crippen LogP contribution in [0.15, 0.2) is 0 Å². The Bertz CT molecular complexity index is 279. The highest BCUT2D eigenvalue weighted by atomic mass is 19.4. The highest BCUT2D eigenvalue weighted by Crippen LogP contribution is 2.44. The maximum atomic E-state index is 12.9. The third-order valence-electron chi connectivity index (χ3n) is 3.79. The Morgan fingerprint density at radius 1 is 1.22 bits per heavy atom. The van der Waals surface area contributed by atoms with Crippen LogP contribution in [-0.4, -0.2) is 41.8 Å². The quantitative estimate of drug-likeness (QED) is 0.844. The van der Waals surface area contributed by atoms with Gasteiger partial charge >= 0.3 is 6.18 Å². The normalized spacial score (nSPS) is 25.7. The van der Waals surface area contributed by atoms with Crippen LogP contribution in [0.2, 0.25) is 0 Å². The van der Waals surface area contributed by atoms with Crippen LogP contribution >= 0.6 is 0 Å². The zero-order chi connectivity index (χ0) is 14.2. The summed E-state index contributed by atoms with van der Waals surface area (Å²) < 4.78 is 38.7. The summed E-state index contributed by atoms with van der Waals surface area (Å²) in [7, 11) is 0. The number of nitrogens with one attached hydrogen (secondary N) is 1. The highest BCUT2D eigenvalue weighted by Gasteiger charge is 2.54. The fraction of sp³-hybridized carbons (Fsp3) is 1.00. The summed E-state index contributed by atoms with van der Waals surface area (Å²) in [6, 6.07) is 0. The van der Waals surface area contributed by atoms with Gasteiger partial charge in [0.25, 0.3) is 0 Å². The lowest BCUT2D eigenvalue weighted by Gasteiger charge is -2.37. The van der Waals surface area contributed by atoms with Crippen molar-refractivity contribution in [2.45, 2.75) is 58.3 Å². The van der Waals surface area contributed by atoms with Crippen LogP contribution in [0.5, 0.6) is 0 Å². The van der Waals surface area contributed by atoms with Crippen molar-refractivity contribution in [2.75, 3.05) is 19.6 Å². The lowest BCUT2D eigenvalue weighted by atomic mass is 9.88. The molecule has 108 valence electrons. The second-order valence-corrected chi connectivity index (χ2v) is 6.70. The molecule has 1 unspecified atom stereocenters. The molecule has 1 rings (SSSR count). The van der Waals surface area contributed by atoms with E-state index in [1.54, 1.807) is 13.8 Å². The van der Waals surface area contributed by atoms with Gasteiger partial charge in [-0.3, -0.25) is 4.90 Å². The van der Waals surface area contributed by atoms with Gasteiger partial charge in [0, 0.05) is 24.2 Å². The first kappa shape index (κ1) is 15.8. The molecule has 1 aliphatic rings. The van der Waals surface area contributed by atoms with Gasteiger partial charge in [0.05, 0.1) is 5.92 Å². The molecule has 1 N–H and O–H groups in total. The molecule has 0 bridgehead atoms. The monoisotopic (exact) mass is 266 g/mol. The number of halogens is 3. The van der Waals surface area contributed by atoms with E-state index in [0.717, 1.165) is 6.54 Å². The Hall–Kier alpha value is -0.290. The second-order valence-electron chi connectivity index (χ2n) is 6.70. The molecule has 1 heterocycles. The smallest absolute Gasteiger partial charge is 0.311 e. The van der Waals surface area contributed by atoms with E-state index in [1.807, 2.05) is 4.90 Å². The van der Waals surface area contributed by atoms with Gasteiger partial charge in [0.1, 0.15) is 0 Å². The fourth-order valence-corrected chi connectivity index (χ4v) is 2.68. The number of alkyl halides is 3. The summed E-state index contributed by atoms with van der Waals surface area (Å²) in [5, 5.41) is 3.32. The van der Waals surface area contributed by atoms with E-state index >= 15 is 0 Å². The molecular weight excluding hydrogens is 241 g/mol. The van der Waals surface area contributed by atoms with Crippen molar-refractivity contribution >= 4 is 0 Å². The van der Waals surface area contributed by atoms with Crippen LogP contribution in [0.4, 0.5) is 13.2 Å². The molecule has 0 aromatic heterocycles. The average Bonchev–Trinajstić information content (AvgIpc) is 2.38. The summed E-state index contributed by atoms with van der Waals surface area (Å²) >= 11 is 0. The number of hydrogen-bond acceptors (Lipinski definition) is 2. The molecule has 0 amide bonds. The predicted octanol–water partition coefficient (Wildman–Crippen LogP) is 3.04. The summed E-state index contributed by atoms with van der Waals surface area (Å²) in [5.41, 5.74) is -0.787. The largest absolute Gasteiger partial charge is 0.393 e. The van der Waals surface area contributed by atoms with E-state index in [0.29, 0.717) is 13.1 Å². The van der Waals surface area contributed by atoms with Gasteiger partial charge in [0.2, 0.25) is 0 Å². The predicted molar refractivity (Wildman–Crippen MR) is 67.6 cm³/mol. The first-order valence-electron chi connectivity index (χ1n) is 6.51. The van der Waals surface area contributed by atoms with Gasteiger partial charge in [-0.1, -0.05) is 0 Å². The standard InChI is InChI=1S/C13H25F3N2/c1-11(2,3)17-7-9-18-8-6-10(12(18,4)5)13(14,15)16/h10,17H,6-9H2,1-5H3. The Morgan fingerprint density at radius 3 is 2.17 bits per heavy atom. The SMILES string of the molecule is CC(C)(C)NCCN1CCC(C(F)(F)F)C1(C)C. The van der Waals surface area contributed by atoms with Crippen LogP contribution in [0.3, 0.4) is 0 Å². The first-order chi connectivity index (χ1) is 7.94. The minimum atomic E-state index is -4.09. The van der Waals surface area contributed by atoms with Crippen LogP contribution in [0, 0.1) is 5.92 Å². The molecule has 2 nitrogen and oxygen atoms in total. The molecule has 1 saturated heterocycles. The minimum Gasteiger partial charge on any atom is -0.311 e. The van der Waals surface area contributed by atoms with Crippen LogP contribution in [0.25, 0.3) is 0 Å². The van der Waals surface area contributed by atoms with Crippen LogP contribution in [0.1, 0.15) is 41.0 Å². The highest BCUT2D eigenvalue weighted by molar-refractivity contribution is 4.98. The molecule has 18 heavy (non-hydrogen) atoms. The van der Waals surface area contributed by atoms with Crippen molar-refractivity contribution < 1.29 is 13.2 Å². The third kappa shape index (κ3) is 3.85. The lowest BCUT2D eigenvalue weighted by molar-refractivity contribution is -0.191. The topological polar surface area (TPSA) is 15.3 Å². The maximum Gasteiger partial charge on any atom is 0.393 e. The van der Waals surface area contributed by atoms with E-state index in [4.69, 9.17) is 0 Å². The van der Waals surface area contributed by atoms with Crippen LogP contribution in [-0.2, 0) is 0 Å². The van der Waals surface area contributed by atoms with E-state index in [-0.39, 0.29) is 12.0 Å². The Balaban J connectivity index is 2.55. The Morgan fingerprint density at radius 2 is 1.78 bits per heavy atom. The Kier molecular flexibility index (Phi) is 4.38. The van der Waals surface area contributed by atoms with Gasteiger partial charge in [-0.25, -0.2) is 0 Å². The minimum absolute atomic E-state index is 0.00724. The number of rotatable bonds is 3. The molecule has 1 aliphatic heterocycles. The Labute approximate surface area is 108 Å². The summed E-state index contributed by atoms with van der Waals surface area (Å²) in [5.74, 6) is -1.21. The molecule has 0 spiro atoms. The van der Waals surface area contributed by atoms with Crippen molar-refractivity contribution in [3.63, 3.8) is 0 Å². The van der Waals surface area contributed by atoms with E-state index in [2.05, 4.69) is 26.1 Å². The molecule has 1 fully saturated rings. The molecule has 0 aromatic rings. The van der Waals surface area contributed by atoms with E-state index in [1.165, 1.54) is 0 Å². The van der Waals surface area contributed by atoms with Gasteiger partial charge in [-0.2, -0.15) is 13.2 Å². The molecule has 5 heteroatoms. The second kappa shape index (κ2) is 5.00. The van der Waals surface area contributed by atoms with Gasteiger partial charge in [0.15, 0.2) is 0 Å². The zero-order valence-corrected chi connectivity index (χ0v) is 12.0. The molecule has 0 aromatic carbocycles. The molecule has 1 atom stereocenters. The van der Waals surface area contributed by atoms with Gasteiger partial charge in [-0.15, -0.1) is 0 Å². The lowest BCUT2D eigenvalue weighted by Crippen LogP contribution is -2.50. The zero-order valence-electron chi connectivity index (χ0n) is 12.0. The van der Waals surface area contributed by atoms with Crippen molar-refractivity contribution in [3.05, 3.63) is 0 Å². The first-order valence-corrected chi connectivity index (χ1v) is 6.51. The van der Waals surface area contributed by atoms with E-state index in [9.17, 15) is 13.2 Å². The molecule has 0 saturated carbocycles. The third-order valence-corrected chi connectivity index (χ3v) is 3.79. The maximum absolute atomic E-state index is 12.9. The molecule has 0 aliphatic carbocycles. The summed E-state index contributed by atoms with van der Waals surface area (Å²) in [6.07, 6.45) is -3.87. The van der Waals surface area contributed by atoms with Crippen LogP contribution < -0.4 is 5.32 Å². The average molecular weight is 266 g/mol. The van der Waals surface area contributed by atoms with Crippen molar-refractivity contribution in [1.82, 2.24) is 10.2 Å². The molecule has 0 radical (unpaired) electrons. The number of nitrogens with zero attached hydrogens (tertiary/aromatic N) is 1. The molecular formula is C13H25F3N2. The van der Waals surface area contributed by atoms with Crippen molar-refractivity contribution in [1.29, 1.82) is 0 Å². The number of hydrogen-bond donors (Lipinski definition) is 1. The number of likely N-dealkylation sites (tertiary alicyclic amines) is 1. The summed E-state index contributed by atoms with van der Waals surface area (Å²) in [6.45, 7) is 11.5. The van der Waals surface area contributed by atoms with Crippen molar-refractivity contribution in [2.24, 2.45) is 5.92 Å². The van der Waals surface area contributed by atoms with Gasteiger partial charge in [-0.05, 0) is 47.6 Å². The van der Waals surface area contributed by atoms with E-state index < -0.39 is 17.6 Å². The summed E-state index contributed by atoms with van der Waals surface area (Å²) in [4.78, 5) is 1.95. The van der Waals surface area contributed by atoms with Gasteiger partial charge < -0.3 is 5.32 Å². The fourth-order valence-electron chi connectivity index (χ4n) is 2.68.